The zero-order valence-electron chi connectivity index (χ0n) is 25.5. The number of rotatable bonds is 9. The van der Waals surface area contributed by atoms with E-state index in [1.165, 1.54) is 11.1 Å². The molecule has 0 N–H and O–H groups in total. The third kappa shape index (κ3) is 6.72. The van der Waals surface area contributed by atoms with Crippen LogP contribution in [0.25, 0.3) is 23.3 Å². The number of hydrogen-bond donors (Lipinski definition) is 0. The lowest BCUT2D eigenvalue weighted by atomic mass is 10.0. The molecule has 0 fully saturated rings. The molecule has 0 bridgehead atoms. The van der Waals surface area contributed by atoms with Crippen molar-refractivity contribution in [3.63, 3.8) is 0 Å². The van der Waals surface area contributed by atoms with Crippen LogP contribution in [0.1, 0.15) is 25.0 Å². The van der Waals surface area contributed by atoms with E-state index in [4.69, 9.17) is 0 Å². The molecule has 0 aliphatic rings. The molecule has 0 aliphatic carbocycles. The molecule has 6 aromatic rings. The highest BCUT2D eigenvalue weighted by molar-refractivity contribution is 5.81. The lowest BCUT2D eigenvalue weighted by Gasteiger charge is -2.26. The molecule has 0 unspecified atom stereocenters. The van der Waals surface area contributed by atoms with E-state index in [0.29, 0.717) is 0 Å². The minimum Gasteiger partial charge on any atom is -0.311 e. The molecule has 2 heteroatoms. The van der Waals surface area contributed by atoms with Crippen molar-refractivity contribution in [1.29, 1.82) is 0 Å². The van der Waals surface area contributed by atoms with Crippen LogP contribution < -0.4 is 9.80 Å². The summed E-state index contributed by atoms with van der Waals surface area (Å²) in [6, 6.07) is 55.4. The monoisotopic (exact) mass is 570 g/mol. The Labute approximate surface area is 262 Å². The Morgan fingerprint density at radius 3 is 0.864 bits per heavy atom. The van der Waals surface area contributed by atoms with Crippen LogP contribution in [0.15, 0.2) is 171 Å². The van der Waals surface area contributed by atoms with Gasteiger partial charge < -0.3 is 9.80 Å². The van der Waals surface area contributed by atoms with Gasteiger partial charge in [0.2, 0.25) is 0 Å². The number of anilines is 6. The van der Waals surface area contributed by atoms with Gasteiger partial charge in [-0.1, -0.05) is 124 Å². The maximum absolute atomic E-state index is 3.89. The van der Waals surface area contributed by atoms with Crippen molar-refractivity contribution in [3.8, 4) is 11.1 Å². The van der Waals surface area contributed by atoms with Gasteiger partial charge >= 0.3 is 0 Å². The molecule has 0 saturated heterocycles. The number of para-hydroxylation sites is 2. The number of benzene rings is 6. The van der Waals surface area contributed by atoms with Gasteiger partial charge in [0.25, 0.3) is 0 Å². The topological polar surface area (TPSA) is 6.48 Å². The Bertz CT molecular complexity index is 1620. The van der Waals surface area contributed by atoms with E-state index < -0.39 is 0 Å². The predicted molar refractivity (Wildman–Crippen MR) is 193 cm³/mol. The van der Waals surface area contributed by atoms with E-state index in [0.717, 1.165) is 45.3 Å². The molecule has 0 amide bonds. The van der Waals surface area contributed by atoms with Gasteiger partial charge in [-0.2, -0.15) is 0 Å². The van der Waals surface area contributed by atoms with Gasteiger partial charge in [-0.25, -0.2) is 0 Å². The zero-order chi connectivity index (χ0) is 30.7. The predicted octanol–water partition coefficient (Wildman–Crippen LogP) is 12.6. The summed E-state index contributed by atoms with van der Waals surface area (Å²) in [6.45, 7) is 11.8. The van der Waals surface area contributed by atoms with Crippen molar-refractivity contribution < 1.29 is 0 Å². The van der Waals surface area contributed by atoms with Crippen LogP contribution >= 0.6 is 0 Å². The zero-order valence-corrected chi connectivity index (χ0v) is 25.5. The van der Waals surface area contributed by atoms with Gasteiger partial charge in [-0.3, -0.25) is 0 Å². The standard InChI is InChI=1S/C40H32N2.C2H6/c1-3-31-15-23-37(24-16-31)41(35-11-7-5-8-12-35)39-27-19-33(20-28-39)34-21-29-40(30-22-34)42(36-13-9-6-10-14-36)38-25-17-32(4-2)18-26-38;1-2/h3-30H,1-2H2;1-2H3. The third-order valence-electron chi connectivity index (χ3n) is 7.39. The second-order valence-corrected chi connectivity index (χ2v) is 10.0. The Balaban J connectivity index is 0.00000188. The van der Waals surface area contributed by atoms with E-state index in [1.54, 1.807) is 0 Å². The molecule has 0 saturated carbocycles. The van der Waals surface area contributed by atoms with E-state index in [2.05, 4.69) is 169 Å². The summed E-state index contributed by atoms with van der Waals surface area (Å²) in [4.78, 5) is 4.55. The summed E-state index contributed by atoms with van der Waals surface area (Å²) in [7, 11) is 0. The third-order valence-corrected chi connectivity index (χ3v) is 7.39. The molecule has 0 heterocycles. The van der Waals surface area contributed by atoms with Crippen LogP contribution in [0.5, 0.6) is 0 Å². The summed E-state index contributed by atoms with van der Waals surface area (Å²) < 4.78 is 0. The highest BCUT2D eigenvalue weighted by Gasteiger charge is 2.14. The lowest BCUT2D eigenvalue weighted by Crippen LogP contribution is -2.10. The maximum Gasteiger partial charge on any atom is 0.0462 e. The van der Waals surface area contributed by atoms with Crippen LogP contribution in [-0.2, 0) is 0 Å². The van der Waals surface area contributed by atoms with Crippen molar-refractivity contribution in [2.45, 2.75) is 13.8 Å². The normalized spacial score (nSPS) is 10.2. The van der Waals surface area contributed by atoms with E-state index >= 15 is 0 Å². The fourth-order valence-electron chi connectivity index (χ4n) is 5.17. The number of nitrogens with zero attached hydrogens (tertiary/aromatic N) is 2. The average Bonchev–Trinajstić information content (AvgIpc) is 3.12. The van der Waals surface area contributed by atoms with Crippen LogP contribution in [0.4, 0.5) is 34.1 Å². The van der Waals surface area contributed by atoms with E-state index in [-0.39, 0.29) is 0 Å². The molecule has 6 rings (SSSR count). The summed E-state index contributed by atoms with van der Waals surface area (Å²) in [5.74, 6) is 0. The quantitative estimate of drug-likeness (QED) is 0.171. The van der Waals surface area contributed by atoms with Crippen LogP contribution in [-0.4, -0.2) is 0 Å². The Morgan fingerprint density at radius 2 is 0.591 bits per heavy atom. The van der Waals surface area contributed by atoms with Gasteiger partial charge in [0.05, 0.1) is 0 Å². The SMILES string of the molecule is C=Cc1ccc(N(c2ccccc2)c2ccc(-c3ccc(N(c4ccccc4)c4ccc(C=C)cc4)cc3)cc2)cc1.CC. The van der Waals surface area contributed by atoms with Gasteiger partial charge in [0, 0.05) is 34.1 Å². The van der Waals surface area contributed by atoms with Gasteiger partial charge in [0.1, 0.15) is 0 Å². The minimum atomic E-state index is 1.10. The van der Waals surface area contributed by atoms with Gasteiger partial charge in [0.15, 0.2) is 0 Å². The molecular formula is C42H38N2. The highest BCUT2D eigenvalue weighted by Crippen LogP contribution is 2.38. The maximum atomic E-state index is 3.89. The largest absolute Gasteiger partial charge is 0.311 e. The van der Waals surface area contributed by atoms with E-state index in [9.17, 15) is 0 Å². The Hall–Kier alpha value is -5.60. The van der Waals surface area contributed by atoms with Gasteiger partial charge in [-0.15, -0.1) is 0 Å². The summed E-state index contributed by atoms with van der Waals surface area (Å²) in [5.41, 5.74) is 11.2. The van der Waals surface area contributed by atoms with Crippen molar-refractivity contribution in [3.05, 3.63) is 182 Å². The van der Waals surface area contributed by atoms with Crippen molar-refractivity contribution in [2.24, 2.45) is 0 Å². The highest BCUT2D eigenvalue weighted by atomic mass is 15.1. The molecular weight excluding hydrogens is 532 g/mol. The van der Waals surface area contributed by atoms with Crippen LogP contribution in [0.3, 0.4) is 0 Å². The first-order valence-electron chi connectivity index (χ1n) is 15.1. The van der Waals surface area contributed by atoms with Crippen molar-refractivity contribution >= 4 is 46.3 Å². The van der Waals surface area contributed by atoms with Crippen molar-refractivity contribution in [2.75, 3.05) is 9.80 Å². The van der Waals surface area contributed by atoms with Crippen LogP contribution in [0.2, 0.25) is 0 Å². The van der Waals surface area contributed by atoms with Gasteiger partial charge in [-0.05, 0) is 95.1 Å². The number of hydrogen-bond acceptors (Lipinski definition) is 2. The Kier molecular flexibility index (Phi) is 9.87. The molecule has 0 spiro atoms. The second-order valence-electron chi connectivity index (χ2n) is 10.0. The van der Waals surface area contributed by atoms with Crippen molar-refractivity contribution in [1.82, 2.24) is 0 Å². The summed E-state index contributed by atoms with van der Waals surface area (Å²) in [6.07, 6.45) is 3.74. The summed E-state index contributed by atoms with van der Waals surface area (Å²) in [5, 5.41) is 0. The average molecular weight is 571 g/mol. The molecule has 216 valence electrons. The Morgan fingerprint density at radius 1 is 0.341 bits per heavy atom. The molecule has 0 aromatic heterocycles. The second kappa shape index (κ2) is 14.5. The first-order chi connectivity index (χ1) is 21.7. The molecule has 0 aliphatic heterocycles. The minimum absolute atomic E-state index is 1.10. The fraction of sp³-hybridized carbons (Fsp3) is 0.0476. The molecule has 0 atom stereocenters. The van der Waals surface area contributed by atoms with E-state index in [1.807, 2.05) is 38.1 Å². The first-order valence-corrected chi connectivity index (χ1v) is 15.1. The first kappa shape index (κ1) is 29.9. The van der Waals surface area contributed by atoms with Crippen LogP contribution in [0, 0.1) is 0 Å². The molecule has 44 heavy (non-hydrogen) atoms. The fourth-order valence-corrected chi connectivity index (χ4v) is 5.17. The lowest BCUT2D eigenvalue weighted by molar-refractivity contribution is 1.28. The summed E-state index contributed by atoms with van der Waals surface area (Å²) >= 11 is 0. The molecule has 0 radical (unpaired) electrons. The smallest absolute Gasteiger partial charge is 0.0462 e. The molecule has 2 nitrogen and oxygen atoms in total. The molecule has 6 aromatic carbocycles.